The van der Waals surface area contributed by atoms with Crippen molar-refractivity contribution in [2.75, 3.05) is 24.5 Å². The third kappa shape index (κ3) is 4.37. The van der Waals surface area contributed by atoms with Crippen molar-refractivity contribution in [2.24, 2.45) is 5.92 Å². The first-order chi connectivity index (χ1) is 14.4. The van der Waals surface area contributed by atoms with E-state index >= 15 is 0 Å². The quantitative estimate of drug-likeness (QED) is 0.690. The molecule has 10 heteroatoms. The van der Waals surface area contributed by atoms with Crippen molar-refractivity contribution < 1.29 is 18.0 Å². The number of rotatable bonds is 5. The van der Waals surface area contributed by atoms with Gasteiger partial charge in [-0.15, -0.1) is 10.2 Å². The van der Waals surface area contributed by atoms with E-state index in [-0.39, 0.29) is 11.8 Å². The summed E-state index contributed by atoms with van der Waals surface area (Å²) in [6, 6.07) is 6.09. The molecular formula is C20H21F3N6O. The summed E-state index contributed by atoms with van der Waals surface area (Å²) in [5, 5.41) is 11.0. The highest BCUT2D eigenvalue weighted by molar-refractivity contribution is 5.79. The van der Waals surface area contributed by atoms with Gasteiger partial charge in [0.2, 0.25) is 11.9 Å². The summed E-state index contributed by atoms with van der Waals surface area (Å²) in [5.74, 6) is 0.0123. The molecule has 4 heterocycles. The van der Waals surface area contributed by atoms with Crippen LogP contribution in [0.1, 0.15) is 24.0 Å². The van der Waals surface area contributed by atoms with Crippen LogP contribution in [0.3, 0.4) is 0 Å². The van der Waals surface area contributed by atoms with Crippen LogP contribution in [0.5, 0.6) is 0 Å². The van der Waals surface area contributed by atoms with Gasteiger partial charge in [0, 0.05) is 38.2 Å². The zero-order valence-corrected chi connectivity index (χ0v) is 16.1. The van der Waals surface area contributed by atoms with Gasteiger partial charge in [-0.05, 0) is 49.1 Å². The van der Waals surface area contributed by atoms with E-state index < -0.39 is 11.7 Å². The van der Waals surface area contributed by atoms with Crippen molar-refractivity contribution in [1.82, 2.24) is 24.9 Å². The molecule has 0 bridgehead atoms. The third-order valence-corrected chi connectivity index (χ3v) is 5.25. The molecule has 1 fully saturated rings. The molecule has 7 nitrogen and oxygen atoms in total. The topological polar surface area (TPSA) is 75.4 Å². The highest BCUT2D eigenvalue weighted by Gasteiger charge is 2.32. The molecule has 0 unspecified atom stereocenters. The Labute approximate surface area is 170 Å². The number of amides is 1. The third-order valence-electron chi connectivity index (χ3n) is 5.25. The lowest BCUT2D eigenvalue weighted by Gasteiger charge is -2.32. The van der Waals surface area contributed by atoms with Crippen molar-refractivity contribution in [3.05, 3.63) is 54.0 Å². The van der Waals surface area contributed by atoms with Gasteiger partial charge < -0.3 is 10.2 Å². The van der Waals surface area contributed by atoms with E-state index in [0.717, 1.165) is 30.7 Å². The first-order valence-electron chi connectivity index (χ1n) is 9.75. The lowest BCUT2D eigenvalue weighted by Crippen LogP contribution is -2.44. The van der Waals surface area contributed by atoms with Crippen molar-refractivity contribution >= 4 is 17.5 Å². The lowest BCUT2D eigenvalue weighted by molar-refractivity contribution is -0.137. The van der Waals surface area contributed by atoms with Gasteiger partial charge in [0.05, 0.1) is 11.5 Å². The highest BCUT2D eigenvalue weighted by Crippen LogP contribution is 2.30. The summed E-state index contributed by atoms with van der Waals surface area (Å²) >= 11 is 0. The van der Waals surface area contributed by atoms with Crippen LogP contribution in [0, 0.1) is 5.92 Å². The second-order valence-electron chi connectivity index (χ2n) is 7.33. The maximum Gasteiger partial charge on any atom is 0.417 e. The predicted octanol–water partition coefficient (Wildman–Crippen LogP) is 2.72. The molecular weight excluding hydrogens is 397 g/mol. The largest absolute Gasteiger partial charge is 0.417 e. The minimum absolute atomic E-state index is 0.0569. The Morgan fingerprint density at radius 1 is 1.17 bits per heavy atom. The molecule has 4 rings (SSSR count). The smallest absolute Gasteiger partial charge is 0.355 e. The molecule has 3 aromatic heterocycles. The Morgan fingerprint density at radius 2 is 1.97 bits per heavy atom. The van der Waals surface area contributed by atoms with Crippen LogP contribution in [0.2, 0.25) is 0 Å². The van der Waals surface area contributed by atoms with E-state index in [1.165, 1.54) is 10.5 Å². The van der Waals surface area contributed by atoms with Crippen molar-refractivity contribution in [2.45, 2.75) is 25.4 Å². The summed E-state index contributed by atoms with van der Waals surface area (Å²) in [6.45, 7) is 1.51. The molecule has 1 saturated heterocycles. The summed E-state index contributed by atoms with van der Waals surface area (Å²) < 4.78 is 40.6. The first kappa shape index (κ1) is 20.1. The number of anilines is 1. The number of hydrogen-bond donors (Lipinski definition) is 1. The van der Waals surface area contributed by atoms with Crippen LogP contribution >= 0.6 is 0 Å². The molecule has 0 saturated carbocycles. The molecule has 0 aliphatic carbocycles. The highest BCUT2D eigenvalue weighted by atomic mass is 19.4. The Balaban J connectivity index is 1.43. The molecule has 158 valence electrons. The minimum Gasteiger partial charge on any atom is -0.355 e. The van der Waals surface area contributed by atoms with E-state index in [4.69, 9.17) is 0 Å². The molecule has 3 aromatic rings. The summed E-state index contributed by atoms with van der Waals surface area (Å²) in [6.07, 6.45) is 2.16. The zero-order chi connectivity index (χ0) is 21.1. The van der Waals surface area contributed by atoms with E-state index in [9.17, 15) is 18.0 Å². The van der Waals surface area contributed by atoms with Gasteiger partial charge in [-0.1, -0.05) is 0 Å². The second-order valence-corrected chi connectivity index (χ2v) is 7.33. The standard InChI is InChI=1S/C20H21F3N6O/c21-20(22,23)16-3-4-17-26-27-19(29(17)13-16)28-11-1-2-15(12-28)18(30)25-10-7-14-5-8-24-9-6-14/h3-6,8-9,13,15H,1-2,7,10-12H2,(H,25,30)/t15-/m0/s1. The van der Waals surface area contributed by atoms with Gasteiger partial charge in [-0.2, -0.15) is 13.2 Å². The Kier molecular flexibility index (Phi) is 5.56. The van der Waals surface area contributed by atoms with E-state index in [1.54, 1.807) is 12.4 Å². The van der Waals surface area contributed by atoms with Crippen molar-refractivity contribution in [3.63, 3.8) is 0 Å². The average Bonchev–Trinajstić information content (AvgIpc) is 3.17. The maximum atomic E-state index is 13.1. The van der Waals surface area contributed by atoms with Crippen LogP contribution in [-0.2, 0) is 17.4 Å². The van der Waals surface area contributed by atoms with E-state index in [0.29, 0.717) is 37.7 Å². The van der Waals surface area contributed by atoms with Crippen LogP contribution in [-0.4, -0.2) is 45.1 Å². The number of aromatic nitrogens is 4. The van der Waals surface area contributed by atoms with Crippen LogP contribution in [0.15, 0.2) is 42.9 Å². The number of carbonyl (C=O) groups is 1. The fraction of sp³-hybridized carbons (Fsp3) is 0.400. The van der Waals surface area contributed by atoms with Crippen molar-refractivity contribution in [3.8, 4) is 0 Å². The van der Waals surface area contributed by atoms with Gasteiger partial charge >= 0.3 is 6.18 Å². The van der Waals surface area contributed by atoms with Gasteiger partial charge in [0.1, 0.15) is 0 Å². The number of carbonyl (C=O) groups excluding carboxylic acids is 1. The number of pyridine rings is 2. The molecule has 30 heavy (non-hydrogen) atoms. The number of piperidine rings is 1. The van der Waals surface area contributed by atoms with Crippen LogP contribution in [0.4, 0.5) is 19.1 Å². The fourth-order valence-corrected chi connectivity index (χ4v) is 3.66. The summed E-state index contributed by atoms with van der Waals surface area (Å²) in [7, 11) is 0. The molecule has 1 amide bonds. The van der Waals surface area contributed by atoms with Gasteiger partial charge in [-0.3, -0.25) is 14.2 Å². The predicted molar refractivity (Wildman–Crippen MR) is 104 cm³/mol. The minimum atomic E-state index is -4.45. The van der Waals surface area contributed by atoms with Gasteiger partial charge in [0.15, 0.2) is 5.65 Å². The molecule has 1 aliphatic heterocycles. The number of halogens is 3. The molecule has 0 radical (unpaired) electrons. The number of nitrogens with one attached hydrogen (secondary N) is 1. The van der Waals surface area contributed by atoms with E-state index in [1.807, 2.05) is 17.0 Å². The maximum absolute atomic E-state index is 13.1. The molecule has 0 aromatic carbocycles. The average molecular weight is 418 g/mol. The van der Waals surface area contributed by atoms with Gasteiger partial charge in [-0.25, -0.2) is 0 Å². The van der Waals surface area contributed by atoms with Crippen molar-refractivity contribution in [1.29, 1.82) is 0 Å². The normalized spacial score (nSPS) is 17.3. The SMILES string of the molecule is O=C(NCCc1ccncc1)[C@H]1CCCN(c2nnc3ccc(C(F)(F)F)cn23)C1. The first-order valence-corrected chi connectivity index (χ1v) is 9.75. The van der Waals surface area contributed by atoms with Gasteiger partial charge in [0.25, 0.3) is 0 Å². The number of fused-ring (bicyclic) bond motifs is 1. The Bertz CT molecular complexity index is 1020. The zero-order valence-electron chi connectivity index (χ0n) is 16.1. The Morgan fingerprint density at radius 3 is 2.73 bits per heavy atom. The number of alkyl halides is 3. The fourth-order valence-electron chi connectivity index (χ4n) is 3.66. The van der Waals surface area contributed by atoms with Crippen LogP contribution in [0.25, 0.3) is 5.65 Å². The molecule has 0 spiro atoms. The summed E-state index contributed by atoms with van der Waals surface area (Å²) in [5.41, 5.74) is 0.659. The monoisotopic (exact) mass is 418 g/mol. The lowest BCUT2D eigenvalue weighted by atomic mass is 9.97. The van der Waals surface area contributed by atoms with Crippen LogP contribution < -0.4 is 10.2 Å². The second kappa shape index (κ2) is 8.29. The molecule has 1 atom stereocenters. The number of hydrogen-bond acceptors (Lipinski definition) is 5. The Hall–Kier alpha value is -3.17. The van der Waals surface area contributed by atoms with E-state index in [2.05, 4.69) is 20.5 Å². The molecule has 1 N–H and O–H groups in total. The number of nitrogens with zero attached hydrogens (tertiary/aromatic N) is 5. The molecule has 1 aliphatic rings. The summed E-state index contributed by atoms with van der Waals surface area (Å²) in [4.78, 5) is 18.4.